The molecule has 0 aromatic heterocycles. The highest BCUT2D eigenvalue weighted by Crippen LogP contribution is 2.27. The largest absolute Gasteiger partial charge is 0.493 e. The molecule has 1 heterocycles. The molecule has 1 unspecified atom stereocenters. The third-order valence-electron chi connectivity index (χ3n) is 2.62. The van der Waals surface area contributed by atoms with Crippen LogP contribution in [0.5, 0.6) is 5.75 Å². The standard InChI is InChI=1S/C12H17NO2/c1-3-15-13-9(2)10-4-5-12-11(8-10)6-7-14-12/h4-5,8-9,13H,3,6-7H2,1-2H3. The summed E-state index contributed by atoms with van der Waals surface area (Å²) in [5.74, 6) is 1.03. The quantitative estimate of drug-likeness (QED) is 0.768. The minimum atomic E-state index is 0.218. The van der Waals surface area contributed by atoms with Gasteiger partial charge in [0.15, 0.2) is 0 Å². The van der Waals surface area contributed by atoms with Crippen LogP contribution in [-0.4, -0.2) is 13.2 Å². The summed E-state index contributed by atoms with van der Waals surface area (Å²) in [5, 5.41) is 0. The van der Waals surface area contributed by atoms with E-state index in [0.29, 0.717) is 6.61 Å². The summed E-state index contributed by atoms with van der Waals surface area (Å²) in [7, 11) is 0. The Hall–Kier alpha value is -1.06. The number of hydrogen-bond acceptors (Lipinski definition) is 3. The molecule has 0 fully saturated rings. The molecule has 0 aliphatic carbocycles. The second-order valence-corrected chi connectivity index (χ2v) is 3.74. The second-order valence-electron chi connectivity index (χ2n) is 3.74. The van der Waals surface area contributed by atoms with E-state index in [9.17, 15) is 0 Å². The minimum Gasteiger partial charge on any atom is -0.493 e. The molecule has 1 N–H and O–H groups in total. The van der Waals surface area contributed by atoms with E-state index in [4.69, 9.17) is 9.57 Å². The van der Waals surface area contributed by atoms with Crippen LogP contribution < -0.4 is 10.2 Å². The zero-order valence-corrected chi connectivity index (χ0v) is 9.25. The Kier molecular flexibility index (Phi) is 3.23. The molecular weight excluding hydrogens is 190 g/mol. The van der Waals surface area contributed by atoms with Gasteiger partial charge in [0.2, 0.25) is 0 Å². The molecule has 0 amide bonds. The Morgan fingerprint density at radius 2 is 2.40 bits per heavy atom. The molecule has 1 aromatic rings. The zero-order valence-electron chi connectivity index (χ0n) is 9.25. The monoisotopic (exact) mass is 207 g/mol. The van der Waals surface area contributed by atoms with Crippen LogP contribution >= 0.6 is 0 Å². The molecule has 15 heavy (non-hydrogen) atoms. The number of nitrogens with one attached hydrogen (secondary N) is 1. The molecule has 82 valence electrons. The second kappa shape index (κ2) is 4.64. The van der Waals surface area contributed by atoms with Crippen molar-refractivity contribution in [2.24, 2.45) is 0 Å². The fourth-order valence-corrected chi connectivity index (χ4v) is 1.75. The number of hydroxylamine groups is 1. The summed E-state index contributed by atoms with van der Waals surface area (Å²) >= 11 is 0. The Bertz CT molecular complexity index is 338. The predicted octanol–water partition coefficient (Wildman–Crippen LogP) is 2.22. The Balaban J connectivity index is 2.08. The molecular formula is C12H17NO2. The van der Waals surface area contributed by atoms with Gasteiger partial charge in [-0.05, 0) is 31.0 Å². The van der Waals surface area contributed by atoms with Gasteiger partial charge in [-0.1, -0.05) is 12.1 Å². The van der Waals surface area contributed by atoms with Gasteiger partial charge in [-0.3, -0.25) is 0 Å². The summed E-state index contributed by atoms with van der Waals surface area (Å²) in [6.45, 7) is 5.55. The molecule has 0 bridgehead atoms. The summed E-state index contributed by atoms with van der Waals surface area (Å²) in [6, 6.07) is 6.54. The maximum atomic E-state index is 5.46. The van der Waals surface area contributed by atoms with Crippen molar-refractivity contribution in [3.05, 3.63) is 29.3 Å². The number of benzene rings is 1. The molecule has 1 aliphatic rings. The summed E-state index contributed by atoms with van der Waals surface area (Å²) < 4.78 is 5.46. The highest BCUT2D eigenvalue weighted by molar-refractivity contribution is 5.40. The van der Waals surface area contributed by atoms with Gasteiger partial charge in [0.25, 0.3) is 0 Å². The Labute approximate surface area is 90.3 Å². The van der Waals surface area contributed by atoms with Gasteiger partial charge in [-0.2, -0.15) is 5.48 Å². The Morgan fingerprint density at radius 1 is 1.53 bits per heavy atom. The fourth-order valence-electron chi connectivity index (χ4n) is 1.75. The van der Waals surface area contributed by atoms with E-state index in [2.05, 4.69) is 24.5 Å². The first-order chi connectivity index (χ1) is 7.31. The topological polar surface area (TPSA) is 30.5 Å². The molecule has 1 aromatic carbocycles. The molecule has 1 aliphatic heterocycles. The van der Waals surface area contributed by atoms with Crippen molar-refractivity contribution in [3.8, 4) is 5.75 Å². The fraction of sp³-hybridized carbons (Fsp3) is 0.500. The average Bonchev–Trinajstić information content (AvgIpc) is 2.72. The van der Waals surface area contributed by atoms with Crippen LogP contribution in [0.2, 0.25) is 0 Å². The first-order valence-corrected chi connectivity index (χ1v) is 5.44. The normalized spacial score (nSPS) is 15.9. The van der Waals surface area contributed by atoms with Crippen LogP contribution in [0.3, 0.4) is 0 Å². The van der Waals surface area contributed by atoms with Gasteiger partial charge in [-0.25, -0.2) is 0 Å². The predicted molar refractivity (Wildman–Crippen MR) is 58.8 cm³/mol. The number of hydrogen-bond donors (Lipinski definition) is 1. The van der Waals surface area contributed by atoms with Crippen LogP contribution in [0.25, 0.3) is 0 Å². The van der Waals surface area contributed by atoms with Crippen molar-refractivity contribution in [1.29, 1.82) is 0 Å². The molecule has 0 radical (unpaired) electrons. The first-order valence-electron chi connectivity index (χ1n) is 5.44. The lowest BCUT2D eigenvalue weighted by Gasteiger charge is -2.14. The maximum absolute atomic E-state index is 5.46. The highest BCUT2D eigenvalue weighted by Gasteiger charge is 2.14. The SMILES string of the molecule is CCONC(C)c1ccc2c(c1)CCO2. The zero-order chi connectivity index (χ0) is 10.7. The van der Waals surface area contributed by atoms with Crippen molar-refractivity contribution >= 4 is 0 Å². The lowest BCUT2D eigenvalue weighted by Crippen LogP contribution is -2.18. The van der Waals surface area contributed by atoms with Crippen LogP contribution in [0.15, 0.2) is 18.2 Å². The van der Waals surface area contributed by atoms with Crippen LogP contribution in [0.4, 0.5) is 0 Å². The van der Waals surface area contributed by atoms with Gasteiger partial charge in [0.1, 0.15) is 5.75 Å². The van der Waals surface area contributed by atoms with E-state index in [0.717, 1.165) is 18.8 Å². The van der Waals surface area contributed by atoms with E-state index >= 15 is 0 Å². The van der Waals surface area contributed by atoms with E-state index < -0.39 is 0 Å². The van der Waals surface area contributed by atoms with E-state index in [-0.39, 0.29) is 6.04 Å². The summed E-state index contributed by atoms with van der Waals surface area (Å²) in [6.07, 6.45) is 1.02. The Morgan fingerprint density at radius 3 is 3.20 bits per heavy atom. The highest BCUT2D eigenvalue weighted by atomic mass is 16.6. The van der Waals surface area contributed by atoms with Crippen molar-refractivity contribution < 1.29 is 9.57 Å². The smallest absolute Gasteiger partial charge is 0.122 e. The van der Waals surface area contributed by atoms with Gasteiger partial charge in [-0.15, -0.1) is 0 Å². The number of rotatable bonds is 4. The van der Waals surface area contributed by atoms with Gasteiger partial charge in [0, 0.05) is 6.42 Å². The third-order valence-corrected chi connectivity index (χ3v) is 2.62. The van der Waals surface area contributed by atoms with Crippen molar-refractivity contribution in [1.82, 2.24) is 5.48 Å². The lowest BCUT2D eigenvalue weighted by molar-refractivity contribution is 0.0285. The summed E-state index contributed by atoms with van der Waals surface area (Å²) in [5.41, 5.74) is 5.55. The van der Waals surface area contributed by atoms with E-state index in [1.807, 2.05) is 13.0 Å². The molecule has 0 saturated heterocycles. The first kappa shape index (κ1) is 10.5. The van der Waals surface area contributed by atoms with Crippen LogP contribution in [-0.2, 0) is 11.3 Å². The molecule has 3 heteroatoms. The van der Waals surface area contributed by atoms with Crippen LogP contribution in [0, 0.1) is 0 Å². The average molecular weight is 207 g/mol. The van der Waals surface area contributed by atoms with E-state index in [1.165, 1.54) is 11.1 Å². The van der Waals surface area contributed by atoms with Crippen LogP contribution in [0.1, 0.15) is 31.0 Å². The molecule has 1 atom stereocenters. The maximum Gasteiger partial charge on any atom is 0.122 e. The van der Waals surface area contributed by atoms with Crippen molar-refractivity contribution in [2.45, 2.75) is 26.3 Å². The molecule has 0 spiro atoms. The third kappa shape index (κ3) is 2.30. The van der Waals surface area contributed by atoms with E-state index in [1.54, 1.807) is 0 Å². The lowest BCUT2D eigenvalue weighted by atomic mass is 10.0. The van der Waals surface area contributed by atoms with Gasteiger partial charge >= 0.3 is 0 Å². The molecule has 3 nitrogen and oxygen atoms in total. The van der Waals surface area contributed by atoms with Crippen molar-refractivity contribution in [3.63, 3.8) is 0 Å². The van der Waals surface area contributed by atoms with Crippen molar-refractivity contribution in [2.75, 3.05) is 13.2 Å². The molecule has 2 rings (SSSR count). The molecule has 0 saturated carbocycles. The minimum absolute atomic E-state index is 0.218. The van der Waals surface area contributed by atoms with Gasteiger partial charge < -0.3 is 9.57 Å². The summed E-state index contributed by atoms with van der Waals surface area (Å²) in [4.78, 5) is 5.19. The van der Waals surface area contributed by atoms with Gasteiger partial charge in [0.05, 0.1) is 19.3 Å². The number of ether oxygens (including phenoxy) is 1. The number of fused-ring (bicyclic) bond motifs is 1.